The average molecular weight is 430 g/mol. The van der Waals surface area contributed by atoms with Crippen LogP contribution in [0.3, 0.4) is 0 Å². The molecule has 0 aromatic carbocycles. The Morgan fingerprint density at radius 1 is 1.34 bits per heavy atom. The molecule has 2 amide bonds. The highest BCUT2D eigenvalue weighted by Gasteiger charge is 2.49. The molecule has 7 nitrogen and oxygen atoms in total. The van der Waals surface area contributed by atoms with E-state index in [0.29, 0.717) is 0 Å². The number of halogens is 3. The number of alkyl halides is 3. The lowest BCUT2D eigenvalue weighted by molar-refractivity contribution is -0.136. The average Bonchev–Trinajstić information content (AvgIpc) is 2.97. The number of carbonyl (C=O) groups is 2. The van der Waals surface area contributed by atoms with Crippen molar-refractivity contribution < 1.29 is 27.5 Å². The van der Waals surface area contributed by atoms with Crippen molar-refractivity contribution in [3.63, 3.8) is 0 Å². The van der Waals surface area contributed by atoms with Gasteiger partial charge >= 0.3 is 12.3 Å². The van der Waals surface area contributed by atoms with Gasteiger partial charge in [0, 0.05) is 12.4 Å². The number of ether oxygens (including phenoxy) is 1. The molecule has 3 heterocycles. The molecular formula is C18H21F3N4O3S. The highest BCUT2D eigenvalue weighted by molar-refractivity contribution is 7.17. The molecule has 2 aromatic rings. The van der Waals surface area contributed by atoms with E-state index >= 15 is 0 Å². The molecule has 3 N–H and O–H groups in total. The van der Waals surface area contributed by atoms with E-state index in [1.54, 1.807) is 4.90 Å². The van der Waals surface area contributed by atoms with Gasteiger partial charge in [-0.05, 0) is 11.5 Å². The first-order valence-corrected chi connectivity index (χ1v) is 9.66. The zero-order valence-electron chi connectivity index (χ0n) is 16.3. The lowest BCUT2D eigenvalue weighted by Crippen LogP contribution is -2.67. The monoisotopic (exact) mass is 430 g/mol. The van der Waals surface area contributed by atoms with E-state index in [-0.39, 0.29) is 28.1 Å². The number of pyridine rings is 1. The van der Waals surface area contributed by atoms with Gasteiger partial charge in [-0.3, -0.25) is 4.79 Å². The Balaban J connectivity index is 2.14. The van der Waals surface area contributed by atoms with Crippen molar-refractivity contribution in [2.45, 2.75) is 39.1 Å². The van der Waals surface area contributed by atoms with Gasteiger partial charge in [-0.15, -0.1) is 11.3 Å². The molecule has 3 rings (SSSR count). The molecule has 1 saturated heterocycles. The fraction of sp³-hybridized carbons (Fsp3) is 0.500. The van der Waals surface area contributed by atoms with Crippen molar-refractivity contribution in [2.75, 3.05) is 18.5 Å². The summed E-state index contributed by atoms with van der Waals surface area (Å²) < 4.78 is 46.2. The molecule has 0 spiro atoms. The van der Waals surface area contributed by atoms with E-state index in [4.69, 9.17) is 10.5 Å². The van der Waals surface area contributed by atoms with Crippen LogP contribution in [0.1, 0.15) is 36.7 Å². The largest absolute Gasteiger partial charge is 0.442 e. The molecule has 0 saturated carbocycles. The molecular weight excluding hydrogens is 409 g/mol. The van der Waals surface area contributed by atoms with Crippen LogP contribution in [0.5, 0.6) is 0 Å². The molecule has 158 valence electrons. The summed E-state index contributed by atoms with van der Waals surface area (Å²) in [5.41, 5.74) is 3.89. The zero-order chi connectivity index (χ0) is 21.7. The minimum atomic E-state index is -4.62. The molecule has 2 atom stereocenters. The predicted molar refractivity (Wildman–Crippen MR) is 103 cm³/mol. The molecule has 0 radical (unpaired) electrons. The highest BCUT2D eigenvalue weighted by atomic mass is 32.1. The molecule has 2 unspecified atom stereocenters. The number of carbonyl (C=O) groups excluding carboxylic acids is 2. The van der Waals surface area contributed by atoms with Crippen LogP contribution in [0.4, 0.5) is 23.8 Å². The van der Waals surface area contributed by atoms with Crippen molar-refractivity contribution in [3.8, 4) is 0 Å². The van der Waals surface area contributed by atoms with Gasteiger partial charge in [0.2, 0.25) is 0 Å². The molecule has 1 aliphatic rings. The van der Waals surface area contributed by atoms with Crippen LogP contribution in [0, 0.1) is 5.41 Å². The van der Waals surface area contributed by atoms with Gasteiger partial charge in [-0.25, -0.2) is 9.78 Å². The van der Waals surface area contributed by atoms with Crippen molar-refractivity contribution in [1.29, 1.82) is 0 Å². The maximum atomic E-state index is 13.7. The summed E-state index contributed by atoms with van der Waals surface area (Å²) in [6.45, 7) is 5.79. The number of primary amides is 1. The smallest absolute Gasteiger partial charge is 0.417 e. The van der Waals surface area contributed by atoms with Crippen LogP contribution in [-0.2, 0) is 10.9 Å². The Morgan fingerprint density at radius 2 is 2.00 bits per heavy atom. The van der Waals surface area contributed by atoms with Crippen molar-refractivity contribution >= 4 is 39.4 Å². The van der Waals surface area contributed by atoms with Gasteiger partial charge in [0.15, 0.2) is 0 Å². The maximum Gasteiger partial charge on any atom is 0.417 e. The topological polar surface area (TPSA) is 97.5 Å². The molecule has 0 bridgehead atoms. The molecule has 1 fully saturated rings. The van der Waals surface area contributed by atoms with E-state index < -0.39 is 41.3 Å². The summed E-state index contributed by atoms with van der Waals surface area (Å²) in [4.78, 5) is 29.3. The van der Waals surface area contributed by atoms with Crippen molar-refractivity contribution in [3.05, 3.63) is 22.6 Å². The van der Waals surface area contributed by atoms with E-state index in [1.165, 1.54) is 12.4 Å². The number of fused-ring (bicyclic) bond motifs is 1. The van der Waals surface area contributed by atoms with Crippen LogP contribution in [0.15, 0.2) is 11.4 Å². The second-order valence-electron chi connectivity index (χ2n) is 7.87. The third kappa shape index (κ3) is 3.83. The lowest BCUT2D eigenvalue weighted by atomic mass is 9.77. The number of nitrogens with one attached hydrogen (secondary N) is 1. The molecule has 0 aliphatic carbocycles. The second kappa shape index (κ2) is 7.05. The van der Waals surface area contributed by atoms with Crippen molar-refractivity contribution in [1.82, 2.24) is 10.3 Å². The maximum absolute atomic E-state index is 13.7. The predicted octanol–water partition coefficient (Wildman–Crippen LogP) is 3.37. The number of thiophene rings is 1. The number of amides is 2. The van der Waals surface area contributed by atoms with Crippen LogP contribution in [0.25, 0.3) is 10.2 Å². The van der Waals surface area contributed by atoms with Crippen LogP contribution < -0.4 is 16.0 Å². The minimum Gasteiger partial charge on any atom is -0.442 e. The number of rotatable bonds is 3. The van der Waals surface area contributed by atoms with Gasteiger partial charge in [-0.1, -0.05) is 20.8 Å². The van der Waals surface area contributed by atoms with E-state index in [2.05, 4.69) is 10.3 Å². The number of nitrogens with two attached hydrogens (primary N) is 1. The summed E-state index contributed by atoms with van der Waals surface area (Å²) in [6.07, 6.45) is -6.13. The SMILES string of the molecule is CNC(=O)c1csc2c(C(F)(F)F)cc(N3CC(OC(N)=O)C3C(C)(C)C)nc12. The van der Waals surface area contributed by atoms with Crippen LogP contribution in [0.2, 0.25) is 0 Å². The Bertz CT molecular complexity index is 968. The van der Waals surface area contributed by atoms with Gasteiger partial charge in [0.05, 0.1) is 33.9 Å². The van der Waals surface area contributed by atoms with Gasteiger partial charge in [0.25, 0.3) is 5.91 Å². The summed E-state index contributed by atoms with van der Waals surface area (Å²) in [6, 6.07) is 0.550. The lowest BCUT2D eigenvalue weighted by Gasteiger charge is -2.53. The normalized spacial score (nSPS) is 19.8. The van der Waals surface area contributed by atoms with Gasteiger partial charge in [0.1, 0.15) is 11.9 Å². The zero-order valence-corrected chi connectivity index (χ0v) is 17.1. The Kier molecular flexibility index (Phi) is 5.14. The fourth-order valence-electron chi connectivity index (χ4n) is 3.63. The summed E-state index contributed by atoms with van der Waals surface area (Å²) in [5, 5.41) is 3.78. The van der Waals surface area contributed by atoms with E-state index in [0.717, 1.165) is 17.4 Å². The Labute approximate surface area is 169 Å². The molecule has 1 aliphatic heterocycles. The minimum absolute atomic E-state index is 0.00824. The number of anilines is 1. The molecule has 29 heavy (non-hydrogen) atoms. The quantitative estimate of drug-likeness (QED) is 0.778. The van der Waals surface area contributed by atoms with Crippen LogP contribution in [-0.4, -0.2) is 42.7 Å². The second-order valence-corrected chi connectivity index (χ2v) is 8.75. The first-order valence-electron chi connectivity index (χ1n) is 8.79. The van der Waals surface area contributed by atoms with Gasteiger partial charge in [-0.2, -0.15) is 13.2 Å². The summed E-state index contributed by atoms with van der Waals surface area (Å²) in [7, 11) is 1.40. The van der Waals surface area contributed by atoms with Crippen molar-refractivity contribution in [2.24, 2.45) is 11.1 Å². The highest BCUT2D eigenvalue weighted by Crippen LogP contribution is 2.44. The number of hydrogen-bond acceptors (Lipinski definition) is 6. The summed E-state index contributed by atoms with van der Waals surface area (Å²) >= 11 is 0.825. The molecule has 11 heteroatoms. The van der Waals surface area contributed by atoms with E-state index in [9.17, 15) is 22.8 Å². The van der Waals surface area contributed by atoms with Crippen LogP contribution >= 0.6 is 11.3 Å². The first-order chi connectivity index (χ1) is 13.3. The summed E-state index contributed by atoms with van der Waals surface area (Å²) in [5.74, 6) is -0.447. The Morgan fingerprint density at radius 3 is 2.52 bits per heavy atom. The molecule has 2 aromatic heterocycles. The number of nitrogens with zero attached hydrogens (tertiary/aromatic N) is 2. The Hall–Kier alpha value is -2.56. The third-order valence-corrected chi connectivity index (χ3v) is 5.80. The van der Waals surface area contributed by atoms with E-state index in [1.807, 2.05) is 20.8 Å². The first kappa shape index (κ1) is 21.2. The standard InChI is InChI=1S/C18H21F3N4O3S/c1-17(2,3)14-10(28-16(22)27)6-25(14)11-5-9(18(19,20)21)13-12(24-11)8(7-29-13)15(26)23-4/h5,7,10,14H,6H2,1-4H3,(H2,22,27)(H,23,26). The third-order valence-electron chi connectivity index (χ3n) is 4.80. The number of hydrogen-bond donors (Lipinski definition) is 2. The fourth-order valence-corrected chi connectivity index (χ4v) is 4.65. The van der Waals surface area contributed by atoms with Gasteiger partial charge < -0.3 is 20.7 Å². The number of aromatic nitrogens is 1.